The Balaban J connectivity index is 3.13. The maximum Gasteiger partial charge on any atom is 0.221 e. The quantitative estimate of drug-likeness (QED) is 0.831. The summed E-state index contributed by atoms with van der Waals surface area (Å²) in [6.45, 7) is 1.87. The molecule has 0 radical (unpaired) electrons. The van der Waals surface area contributed by atoms with Gasteiger partial charge in [0.15, 0.2) is 0 Å². The van der Waals surface area contributed by atoms with E-state index in [9.17, 15) is 4.79 Å². The van der Waals surface area contributed by atoms with E-state index in [1.807, 2.05) is 6.92 Å². The first-order chi connectivity index (χ1) is 6.54. The van der Waals surface area contributed by atoms with Gasteiger partial charge in [-0.05, 0) is 24.6 Å². The Hall–Kier alpha value is -1.22. The highest BCUT2D eigenvalue weighted by Crippen LogP contribution is 2.26. The number of hydrogen-bond donors (Lipinski definition) is 1. The first-order valence-corrected chi connectivity index (χ1v) is 4.53. The Kier molecular flexibility index (Phi) is 3.36. The maximum atomic E-state index is 10.8. The molecule has 0 aliphatic rings. The summed E-state index contributed by atoms with van der Waals surface area (Å²) >= 11 is 5.92. The Morgan fingerprint density at radius 1 is 1.57 bits per heavy atom. The van der Waals surface area contributed by atoms with Gasteiger partial charge in [-0.15, -0.1) is 0 Å². The third-order valence-electron chi connectivity index (χ3n) is 1.93. The van der Waals surface area contributed by atoms with Crippen molar-refractivity contribution in [2.45, 2.75) is 13.3 Å². The molecule has 4 heteroatoms. The number of methoxy groups -OCH3 is 1. The summed E-state index contributed by atoms with van der Waals surface area (Å²) < 4.78 is 5.12. The molecule has 0 unspecified atom stereocenters. The zero-order valence-corrected chi connectivity index (χ0v) is 8.89. The minimum Gasteiger partial charge on any atom is -0.496 e. The molecule has 3 nitrogen and oxygen atoms in total. The number of rotatable bonds is 3. The van der Waals surface area contributed by atoms with E-state index in [1.54, 1.807) is 19.2 Å². The summed E-state index contributed by atoms with van der Waals surface area (Å²) in [5, 5.41) is 0.613. The van der Waals surface area contributed by atoms with Crippen molar-refractivity contribution in [2.24, 2.45) is 5.73 Å². The summed E-state index contributed by atoms with van der Waals surface area (Å²) in [5.41, 5.74) is 6.73. The standard InChI is InChI=1S/C10H12ClNO2/c1-6-3-9(14-2)7(4-8(6)11)5-10(12)13/h3-4H,5H2,1-2H3,(H2,12,13). The fourth-order valence-corrected chi connectivity index (χ4v) is 1.40. The van der Waals surface area contributed by atoms with Crippen molar-refractivity contribution in [3.63, 3.8) is 0 Å². The third-order valence-corrected chi connectivity index (χ3v) is 2.33. The Labute approximate surface area is 87.8 Å². The average Bonchev–Trinajstić information content (AvgIpc) is 2.10. The van der Waals surface area contributed by atoms with Crippen molar-refractivity contribution in [3.05, 3.63) is 28.3 Å². The SMILES string of the molecule is COc1cc(C)c(Cl)cc1CC(N)=O. The summed E-state index contributed by atoms with van der Waals surface area (Å²) in [6, 6.07) is 3.50. The maximum absolute atomic E-state index is 10.8. The number of amides is 1. The van der Waals surface area contributed by atoms with Gasteiger partial charge in [0.1, 0.15) is 5.75 Å². The minimum absolute atomic E-state index is 0.142. The van der Waals surface area contributed by atoms with Crippen LogP contribution in [0.1, 0.15) is 11.1 Å². The van der Waals surface area contributed by atoms with Crippen LogP contribution in [0.5, 0.6) is 5.75 Å². The molecule has 0 heterocycles. The van der Waals surface area contributed by atoms with Gasteiger partial charge >= 0.3 is 0 Å². The van der Waals surface area contributed by atoms with E-state index < -0.39 is 5.91 Å². The van der Waals surface area contributed by atoms with Crippen LogP contribution < -0.4 is 10.5 Å². The van der Waals surface area contributed by atoms with Crippen LogP contribution >= 0.6 is 11.6 Å². The number of primary amides is 1. The van der Waals surface area contributed by atoms with E-state index in [0.29, 0.717) is 10.8 Å². The van der Waals surface area contributed by atoms with Crippen LogP contribution in [0, 0.1) is 6.92 Å². The molecule has 0 aliphatic carbocycles. The van der Waals surface area contributed by atoms with Crippen LogP contribution in [0.15, 0.2) is 12.1 Å². The summed E-state index contributed by atoms with van der Waals surface area (Å²) in [6.07, 6.45) is 0.142. The molecule has 76 valence electrons. The van der Waals surface area contributed by atoms with Crippen molar-refractivity contribution >= 4 is 17.5 Å². The molecule has 0 fully saturated rings. The molecule has 1 rings (SSSR count). The van der Waals surface area contributed by atoms with Gasteiger partial charge in [0.2, 0.25) is 5.91 Å². The highest BCUT2D eigenvalue weighted by Gasteiger charge is 2.08. The molecule has 1 amide bonds. The molecule has 1 aromatic rings. The largest absolute Gasteiger partial charge is 0.496 e. The lowest BCUT2D eigenvalue weighted by Gasteiger charge is -2.09. The fraction of sp³-hybridized carbons (Fsp3) is 0.300. The smallest absolute Gasteiger partial charge is 0.221 e. The second-order valence-corrected chi connectivity index (χ2v) is 3.46. The lowest BCUT2D eigenvalue weighted by Crippen LogP contribution is -2.14. The predicted octanol–water partition coefficient (Wildman–Crippen LogP) is 1.68. The molecule has 2 N–H and O–H groups in total. The highest BCUT2D eigenvalue weighted by molar-refractivity contribution is 6.31. The normalized spacial score (nSPS) is 9.93. The van der Waals surface area contributed by atoms with Gasteiger partial charge in [-0.25, -0.2) is 0 Å². The van der Waals surface area contributed by atoms with Crippen molar-refractivity contribution in [2.75, 3.05) is 7.11 Å². The summed E-state index contributed by atoms with van der Waals surface area (Å²) in [7, 11) is 1.55. The van der Waals surface area contributed by atoms with Gasteiger partial charge in [-0.3, -0.25) is 4.79 Å². The molecule has 0 saturated heterocycles. The minimum atomic E-state index is -0.400. The number of ether oxygens (including phenoxy) is 1. The average molecular weight is 214 g/mol. The Morgan fingerprint density at radius 3 is 2.71 bits per heavy atom. The molecule has 0 bridgehead atoms. The van der Waals surface area contributed by atoms with Gasteiger partial charge in [0, 0.05) is 10.6 Å². The molecule has 14 heavy (non-hydrogen) atoms. The molecular formula is C10H12ClNO2. The van der Waals surface area contributed by atoms with Crippen molar-refractivity contribution in [1.29, 1.82) is 0 Å². The molecule has 1 aromatic carbocycles. The second-order valence-electron chi connectivity index (χ2n) is 3.06. The van der Waals surface area contributed by atoms with E-state index >= 15 is 0 Å². The van der Waals surface area contributed by atoms with Gasteiger partial charge < -0.3 is 10.5 Å². The van der Waals surface area contributed by atoms with Crippen LogP contribution in [-0.4, -0.2) is 13.0 Å². The van der Waals surface area contributed by atoms with Gasteiger partial charge in [-0.2, -0.15) is 0 Å². The van der Waals surface area contributed by atoms with Crippen LogP contribution in [0.3, 0.4) is 0 Å². The van der Waals surface area contributed by atoms with Crippen molar-refractivity contribution in [3.8, 4) is 5.75 Å². The first kappa shape index (κ1) is 10.9. The van der Waals surface area contributed by atoms with Gasteiger partial charge in [0.05, 0.1) is 13.5 Å². The molecular weight excluding hydrogens is 202 g/mol. The van der Waals surface area contributed by atoms with E-state index in [4.69, 9.17) is 22.1 Å². The number of hydrogen-bond acceptors (Lipinski definition) is 2. The monoisotopic (exact) mass is 213 g/mol. The number of benzene rings is 1. The lowest BCUT2D eigenvalue weighted by atomic mass is 10.1. The van der Waals surface area contributed by atoms with Crippen LogP contribution in [-0.2, 0) is 11.2 Å². The number of aryl methyl sites for hydroxylation is 1. The fourth-order valence-electron chi connectivity index (χ4n) is 1.21. The Bertz CT molecular complexity index is 363. The van der Waals surface area contributed by atoms with Gasteiger partial charge in [-0.1, -0.05) is 11.6 Å². The van der Waals surface area contributed by atoms with Crippen molar-refractivity contribution < 1.29 is 9.53 Å². The Morgan fingerprint density at radius 2 is 2.21 bits per heavy atom. The van der Waals surface area contributed by atoms with Crippen molar-refractivity contribution in [1.82, 2.24) is 0 Å². The third kappa shape index (κ3) is 2.39. The van der Waals surface area contributed by atoms with E-state index in [-0.39, 0.29) is 6.42 Å². The highest BCUT2D eigenvalue weighted by atomic mass is 35.5. The van der Waals surface area contributed by atoms with Crippen LogP contribution in [0.25, 0.3) is 0 Å². The van der Waals surface area contributed by atoms with E-state index in [2.05, 4.69) is 0 Å². The zero-order chi connectivity index (χ0) is 10.7. The van der Waals surface area contributed by atoms with Crippen LogP contribution in [0.4, 0.5) is 0 Å². The number of carbonyl (C=O) groups excluding carboxylic acids is 1. The lowest BCUT2D eigenvalue weighted by molar-refractivity contribution is -0.117. The van der Waals surface area contributed by atoms with E-state index in [0.717, 1.165) is 11.1 Å². The van der Waals surface area contributed by atoms with E-state index in [1.165, 1.54) is 0 Å². The molecule has 0 saturated carbocycles. The molecule has 0 atom stereocenters. The molecule has 0 aliphatic heterocycles. The summed E-state index contributed by atoms with van der Waals surface area (Å²) in [4.78, 5) is 10.8. The number of carbonyl (C=O) groups is 1. The second kappa shape index (κ2) is 4.33. The zero-order valence-electron chi connectivity index (χ0n) is 8.13. The predicted molar refractivity (Wildman–Crippen MR) is 55.6 cm³/mol. The number of nitrogens with two attached hydrogens (primary N) is 1. The van der Waals surface area contributed by atoms with Crippen LogP contribution in [0.2, 0.25) is 5.02 Å². The van der Waals surface area contributed by atoms with Gasteiger partial charge in [0.25, 0.3) is 0 Å². The number of halogens is 1. The molecule has 0 spiro atoms. The first-order valence-electron chi connectivity index (χ1n) is 4.16. The summed E-state index contributed by atoms with van der Waals surface area (Å²) in [5.74, 6) is 0.244. The topological polar surface area (TPSA) is 52.3 Å². The molecule has 0 aromatic heterocycles.